The summed E-state index contributed by atoms with van der Waals surface area (Å²) in [6.45, 7) is 6.61. The highest BCUT2D eigenvalue weighted by Gasteiger charge is 2.64. The average molecular weight is 152 g/mol. The first-order valence-corrected chi connectivity index (χ1v) is 4.60. The lowest BCUT2D eigenvalue weighted by molar-refractivity contribution is -0.121. The van der Waals surface area contributed by atoms with Gasteiger partial charge in [0, 0.05) is 12.3 Å². The molecule has 1 heteroatoms. The van der Waals surface area contributed by atoms with E-state index in [1.54, 1.807) is 0 Å². The van der Waals surface area contributed by atoms with E-state index in [4.69, 9.17) is 0 Å². The number of fused-ring (bicyclic) bond motifs is 1. The molecule has 0 amide bonds. The van der Waals surface area contributed by atoms with Gasteiger partial charge >= 0.3 is 0 Å². The van der Waals surface area contributed by atoms with Crippen molar-refractivity contribution in [3.05, 3.63) is 0 Å². The molecular formula is C10H16O. The van der Waals surface area contributed by atoms with Crippen molar-refractivity contribution in [3.63, 3.8) is 0 Å². The topological polar surface area (TPSA) is 17.1 Å². The molecule has 2 fully saturated rings. The van der Waals surface area contributed by atoms with Crippen molar-refractivity contribution >= 4 is 5.78 Å². The molecule has 0 heterocycles. The molecule has 1 nitrogen and oxygen atoms in total. The van der Waals surface area contributed by atoms with Gasteiger partial charge in [-0.2, -0.15) is 0 Å². The van der Waals surface area contributed by atoms with Gasteiger partial charge < -0.3 is 0 Å². The smallest absolute Gasteiger partial charge is 0.136 e. The van der Waals surface area contributed by atoms with Crippen LogP contribution in [0, 0.1) is 23.2 Å². The Morgan fingerprint density at radius 3 is 2.45 bits per heavy atom. The van der Waals surface area contributed by atoms with E-state index in [9.17, 15) is 4.79 Å². The van der Waals surface area contributed by atoms with Gasteiger partial charge in [0.05, 0.1) is 0 Å². The second kappa shape index (κ2) is 1.88. The zero-order valence-corrected chi connectivity index (χ0v) is 7.55. The summed E-state index contributed by atoms with van der Waals surface area (Å²) in [4.78, 5) is 11.3. The van der Waals surface area contributed by atoms with Gasteiger partial charge in [0.1, 0.15) is 5.78 Å². The maximum absolute atomic E-state index is 11.3. The fourth-order valence-corrected chi connectivity index (χ4v) is 2.81. The van der Waals surface area contributed by atoms with E-state index in [-0.39, 0.29) is 0 Å². The third-order valence-corrected chi connectivity index (χ3v) is 3.94. The van der Waals surface area contributed by atoms with Gasteiger partial charge in [-0.15, -0.1) is 0 Å². The number of rotatable bonds is 1. The van der Waals surface area contributed by atoms with Crippen molar-refractivity contribution in [3.8, 4) is 0 Å². The predicted octanol–water partition coefficient (Wildman–Crippen LogP) is 2.26. The van der Waals surface area contributed by atoms with Crippen molar-refractivity contribution in [2.75, 3.05) is 0 Å². The molecule has 0 aromatic rings. The van der Waals surface area contributed by atoms with E-state index in [0.29, 0.717) is 23.0 Å². The van der Waals surface area contributed by atoms with Crippen LogP contribution in [0.4, 0.5) is 0 Å². The van der Waals surface area contributed by atoms with Crippen LogP contribution in [0.5, 0.6) is 0 Å². The molecule has 0 saturated heterocycles. The number of carbonyl (C=O) groups is 1. The average Bonchev–Trinajstić information content (AvgIpc) is 2.57. The lowest BCUT2D eigenvalue weighted by atomic mass is 9.90. The minimum Gasteiger partial charge on any atom is -0.299 e. The summed E-state index contributed by atoms with van der Waals surface area (Å²) in [5.74, 6) is 2.34. The molecular weight excluding hydrogens is 136 g/mol. The Labute approximate surface area is 68.2 Å². The zero-order valence-electron chi connectivity index (χ0n) is 7.55. The third-order valence-electron chi connectivity index (χ3n) is 3.94. The van der Waals surface area contributed by atoms with Crippen LogP contribution in [0.2, 0.25) is 0 Å². The molecule has 11 heavy (non-hydrogen) atoms. The number of hydrogen-bond donors (Lipinski definition) is 0. The van der Waals surface area contributed by atoms with Gasteiger partial charge in [-0.05, 0) is 23.7 Å². The largest absolute Gasteiger partial charge is 0.299 e. The second-order valence-electron chi connectivity index (χ2n) is 4.63. The first-order chi connectivity index (χ1) is 5.08. The Morgan fingerprint density at radius 2 is 2.18 bits per heavy atom. The zero-order chi connectivity index (χ0) is 8.22. The highest BCUT2D eigenvalue weighted by atomic mass is 16.1. The fraction of sp³-hybridized carbons (Fsp3) is 0.900. The van der Waals surface area contributed by atoms with Crippen LogP contribution < -0.4 is 0 Å². The van der Waals surface area contributed by atoms with Gasteiger partial charge in [0.25, 0.3) is 0 Å². The molecule has 0 aromatic carbocycles. The van der Waals surface area contributed by atoms with Crippen molar-refractivity contribution in [1.82, 2.24) is 0 Å². The summed E-state index contributed by atoms with van der Waals surface area (Å²) in [5, 5.41) is 0. The third kappa shape index (κ3) is 0.743. The summed E-state index contributed by atoms with van der Waals surface area (Å²) in [7, 11) is 0. The van der Waals surface area contributed by atoms with E-state index in [1.807, 2.05) is 0 Å². The van der Waals surface area contributed by atoms with E-state index in [0.717, 1.165) is 12.3 Å². The van der Waals surface area contributed by atoms with E-state index in [2.05, 4.69) is 20.8 Å². The standard InChI is InChI=1S/C10H16O/c1-6(2)10-4-8(10)7(3)9(11)5-10/h6-8H,4-5H2,1-3H3/t7-,8-,10?/m1/s1. The predicted molar refractivity (Wildman–Crippen MR) is 44.2 cm³/mol. The lowest BCUT2D eigenvalue weighted by Gasteiger charge is -2.14. The molecule has 0 aromatic heterocycles. The minimum absolute atomic E-state index is 0.373. The van der Waals surface area contributed by atoms with E-state index < -0.39 is 0 Å². The highest BCUT2D eigenvalue weighted by molar-refractivity contribution is 5.86. The molecule has 0 radical (unpaired) electrons. The number of carbonyl (C=O) groups excluding carboxylic acids is 1. The van der Waals surface area contributed by atoms with Crippen molar-refractivity contribution in [2.45, 2.75) is 33.6 Å². The summed E-state index contributed by atoms with van der Waals surface area (Å²) >= 11 is 0. The summed E-state index contributed by atoms with van der Waals surface area (Å²) in [6.07, 6.45) is 2.19. The fourth-order valence-electron chi connectivity index (χ4n) is 2.81. The summed E-state index contributed by atoms with van der Waals surface area (Å²) in [5.41, 5.74) is 0.455. The molecule has 2 aliphatic carbocycles. The summed E-state index contributed by atoms with van der Waals surface area (Å²) in [6, 6.07) is 0. The first-order valence-electron chi connectivity index (χ1n) is 4.60. The van der Waals surface area contributed by atoms with Gasteiger partial charge in [-0.3, -0.25) is 4.79 Å². The van der Waals surface area contributed by atoms with Crippen LogP contribution >= 0.6 is 0 Å². The summed E-state index contributed by atoms with van der Waals surface area (Å²) < 4.78 is 0. The highest BCUT2D eigenvalue weighted by Crippen LogP contribution is 2.68. The molecule has 1 unspecified atom stereocenters. The maximum Gasteiger partial charge on any atom is 0.136 e. The van der Waals surface area contributed by atoms with Gasteiger partial charge in [-0.25, -0.2) is 0 Å². The molecule has 0 bridgehead atoms. The minimum atomic E-state index is 0.373. The van der Waals surface area contributed by atoms with Crippen LogP contribution in [0.1, 0.15) is 33.6 Å². The molecule has 2 rings (SSSR count). The molecule has 2 aliphatic rings. The van der Waals surface area contributed by atoms with E-state index >= 15 is 0 Å². The second-order valence-corrected chi connectivity index (χ2v) is 4.63. The molecule has 2 saturated carbocycles. The van der Waals surface area contributed by atoms with Gasteiger partial charge in [0.15, 0.2) is 0 Å². The van der Waals surface area contributed by atoms with Crippen molar-refractivity contribution in [2.24, 2.45) is 23.2 Å². The van der Waals surface area contributed by atoms with Gasteiger partial charge in [-0.1, -0.05) is 20.8 Å². The quantitative estimate of drug-likeness (QED) is 0.563. The van der Waals surface area contributed by atoms with Crippen LogP contribution in [0.15, 0.2) is 0 Å². The molecule has 3 atom stereocenters. The van der Waals surface area contributed by atoms with Crippen molar-refractivity contribution in [1.29, 1.82) is 0 Å². The van der Waals surface area contributed by atoms with Crippen LogP contribution in [0.3, 0.4) is 0 Å². The number of Topliss-reactive ketones (excluding diaryl/α,β-unsaturated/α-hetero) is 1. The van der Waals surface area contributed by atoms with Crippen molar-refractivity contribution < 1.29 is 4.79 Å². The van der Waals surface area contributed by atoms with Gasteiger partial charge in [0.2, 0.25) is 0 Å². The molecule has 62 valence electrons. The monoisotopic (exact) mass is 152 g/mol. The number of ketones is 1. The Balaban J connectivity index is 2.20. The Morgan fingerprint density at radius 1 is 1.55 bits per heavy atom. The normalized spacial score (nSPS) is 48.2. The Kier molecular flexibility index (Phi) is 1.25. The van der Waals surface area contributed by atoms with E-state index in [1.165, 1.54) is 6.42 Å². The van der Waals surface area contributed by atoms with Crippen LogP contribution in [0.25, 0.3) is 0 Å². The molecule has 0 aliphatic heterocycles. The maximum atomic E-state index is 11.3. The Bertz CT molecular complexity index is 207. The first kappa shape index (κ1) is 7.33. The lowest BCUT2D eigenvalue weighted by Crippen LogP contribution is -2.10. The SMILES string of the molecule is CC(C)C12CC(=O)[C@H](C)[C@H]1C2. The number of hydrogen-bond acceptors (Lipinski definition) is 1. The van der Waals surface area contributed by atoms with Crippen LogP contribution in [-0.2, 0) is 4.79 Å². The molecule has 0 N–H and O–H groups in total. The molecule has 0 spiro atoms. The Hall–Kier alpha value is -0.330. The van der Waals surface area contributed by atoms with Crippen LogP contribution in [-0.4, -0.2) is 5.78 Å².